The molecule has 0 radical (unpaired) electrons. The summed E-state index contributed by atoms with van der Waals surface area (Å²) in [5, 5.41) is 4.47. The number of halogens is 1. The van der Waals surface area contributed by atoms with Crippen molar-refractivity contribution in [3.8, 4) is 0 Å². The summed E-state index contributed by atoms with van der Waals surface area (Å²) in [6, 6.07) is 0.0269. The Kier molecular flexibility index (Phi) is 4.98. The van der Waals surface area contributed by atoms with Gasteiger partial charge in [-0.05, 0) is 55.5 Å². The molecule has 1 aromatic heterocycles. The Hall–Kier alpha value is -0.0400. The lowest BCUT2D eigenvalue weighted by atomic mass is 9.94. The molecule has 0 saturated carbocycles. The Labute approximate surface area is 128 Å². The minimum atomic E-state index is 0.0269. The SMILES string of the molecule is CN(C)CCn1ncc(Br)c1C(N)C1(C)CCCS1. The number of rotatable bonds is 5. The zero-order valence-electron chi connectivity index (χ0n) is 11.9. The van der Waals surface area contributed by atoms with Crippen LogP contribution in [0.2, 0.25) is 0 Å². The van der Waals surface area contributed by atoms with E-state index in [1.165, 1.54) is 18.6 Å². The minimum absolute atomic E-state index is 0.0269. The topological polar surface area (TPSA) is 47.1 Å². The van der Waals surface area contributed by atoms with Crippen LogP contribution >= 0.6 is 27.7 Å². The van der Waals surface area contributed by atoms with Crippen LogP contribution in [0.25, 0.3) is 0 Å². The molecule has 0 aliphatic carbocycles. The van der Waals surface area contributed by atoms with Gasteiger partial charge in [0.25, 0.3) is 0 Å². The van der Waals surface area contributed by atoms with E-state index in [1.54, 1.807) is 0 Å². The average Bonchev–Trinajstić information content (AvgIpc) is 2.93. The van der Waals surface area contributed by atoms with E-state index in [2.05, 4.69) is 51.6 Å². The molecule has 4 nitrogen and oxygen atoms in total. The Bertz CT molecular complexity index is 426. The first-order valence-electron chi connectivity index (χ1n) is 6.69. The first-order chi connectivity index (χ1) is 8.94. The van der Waals surface area contributed by atoms with Crippen LogP contribution in [-0.4, -0.2) is 45.8 Å². The second kappa shape index (κ2) is 6.16. The number of likely N-dealkylation sites (N-methyl/N-ethyl adjacent to an activating group) is 1. The second-order valence-corrected chi connectivity index (χ2v) is 8.13. The molecule has 1 aliphatic heterocycles. The van der Waals surface area contributed by atoms with Crippen molar-refractivity contribution < 1.29 is 0 Å². The van der Waals surface area contributed by atoms with Gasteiger partial charge in [0.1, 0.15) is 0 Å². The van der Waals surface area contributed by atoms with Gasteiger partial charge < -0.3 is 10.6 Å². The summed E-state index contributed by atoms with van der Waals surface area (Å²) in [5.41, 5.74) is 7.70. The maximum atomic E-state index is 6.56. The average molecular weight is 347 g/mol. The fourth-order valence-electron chi connectivity index (χ4n) is 2.49. The zero-order chi connectivity index (χ0) is 14.0. The van der Waals surface area contributed by atoms with Crippen LogP contribution in [0.15, 0.2) is 10.7 Å². The molecule has 0 bridgehead atoms. The van der Waals surface area contributed by atoms with Gasteiger partial charge in [-0.2, -0.15) is 16.9 Å². The summed E-state index contributed by atoms with van der Waals surface area (Å²) >= 11 is 5.61. The number of aromatic nitrogens is 2. The van der Waals surface area contributed by atoms with Crippen molar-refractivity contribution in [3.05, 3.63) is 16.4 Å². The van der Waals surface area contributed by atoms with E-state index in [4.69, 9.17) is 5.73 Å². The fraction of sp³-hybridized carbons (Fsp3) is 0.769. The monoisotopic (exact) mass is 346 g/mol. The van der Waals surface area contributed by atoms with Crippen molar-refractivity contribution in [3.63, 3.8) is 0 Å². The van der Waals surface area contributed by atoms with E-state index in [0.29, 0.717) is 0 Å². The van der Waals surface area contributed by atoms with Crippen LogP contribution in [-0.2, 0) is 6.54 Å². The molecule has 2 rings (SSSR count). The van der Waals surface area contributed by atoms with Gasteiger partial charge in [-0.25, -0.2) is 0 Å². The highest BCUT2D eigenvalue weighted by Crippen LogP contribution is 2.46. The standard InChI is InChI=1S/C13H23BrN4S/c1-13(5-4-8-19-13)12(15)11-10(14)9-16-18(11)7-6-17(2)3/h9,12H,4-8,15H2,1-3H3. The van der Waals surface area contributed by atoms with Crippen molar-refractivity contribution >= 4 is 27.7 Å². The van der Waals surface area contributed by atoms with E-state index < -0.39 is 0 Å². The Morgan fingerprint density at radius 1 is 1.63 bits per heavy atom. The lowest BCUT2D eigenvalue weighted by Crippen LogP contribution is -2.35. The van der Waals surface area contributed by atoms with Crippen LogP contribution < -0.4 is 5.73 Å². The summed E-state index contributed by atoms with van der Waals surface area (Å²) in [6.07, 6.45) is 4.32. The molecule has 1 aromatic rings. The third-order valence-corrected chi connectivity index (χ3v) is 6.02. The molecule has 1 saturated heterocycles. The molecule has 2 atom stereocenters. The summed E-state index contributed by atoms with van der Waals surface area (Å²) in [7, 11) is 4.15. The Balaban J connectivity index is 2.20. The van der Waals surface area contributed by atoms with Gasteiger partial charge >= 0.3 is 0 Å². The maximum absolute atomic E-state index is 6.56. The molecule has 1 fully saturated rings. The normalized spacial score (nSPS) is 25.2. The predicted octanol–water partition coefficient (Wildman–Crippen LogP) is 2.49. The molecule has 0 amide bonds. The van der Waals surface area contributed by atoms with Gasteiger partial charge in [-0.15, -0.1) is 0 Å². The molecule has 0 spiro atoms. The van der Waals surface area contributed by atoms with Crippen LogP contribution in [0.1, 0.15) is 31.5 Å². The highest BCUT2D eigenvalue weighted by molar-refractivity contribution is 9.10. The third-order valence-electron chi connectivity index (χ3n) is 3.79. The summed E-state index contributed by atoms with van der Waals surface area (Å²) in [6.45, 7) is 4.13. The number of hydrogen-bond acceptors (Lipinski definition) is 4. The van der Waals surface area contributed by atoms with E-state index in [9.17, 15) is 0 Å². The zero-order valence-corrected chi connectivity index (χ0v) is 14.3. The molecule has 108 valence electrons. The quantitative estimate of drug-likeness (QED) is 0.889. The molecular weight excluding hydrogens is 324 g/mol. The van der Waals surface area contributed by atoms with Crippen molar-refractivity contribution in [2.45, 2.75) is 37.1 Å². The van der Waals surface area contributed by atoms with Crippen molar-refractivity contribution in [2.24, 2.45) is 5.73 Å². The Morgan fingerprint density at radius 3 is 2.95 bits per heavy atom. The van der Waals surface area contributed by atoms with E-state index in [0.717, 1.165) is 23.3 Å². The van der Waals surface area contributed by atoms with Gasteiger partial charge in [0.05, 0.1) is 29.0 Å². The highest BCUT2D eigenvalue weighted by atomic mass is 79.9. The van der Waals surface area contributed by atoms with Gasteiger partial charge in [-0.1, -0.05) is 0 Å². The molecule has 0 aromatic carbocycles. The fourth-order valence-corrected chi connectivity index (χ4v) is 4.37. The summed E-state index contributed by atoms with van der Waals surface area (Å²) in [5.74, 6) is 1.22. The molecule has 6 heteroatoms. The van der Waals surface area contributed by atoms with E-state index in [-0.39, 0.29) is 10.8 Å². The third kappa shape index (κ3) is 3.35. The second-order valence-electron chi connectivity index (χ2n) is 5.65. The molecule has 2 unspecified atom stereocenters. The molecule has 2 heterocycles. The number of hydrogen-bond donors (Lipinski definition) is 1. The maximum Gasteiger partial charge on any atom is 0.0708 e. The van der Waals surface area contributed by atoms with Crippen LogP contribution in [0.5, 0.6) is 0 Å². The largest absolute Gasteiger partial charge is 0.321 e. The number of nitrogens with zero attached hydrogens (tertiary/aromatic N) is 3. The lowest BCUT2D eigenvalue weighted by Gasteiger charge is -2.31. The van der Waals surface area contributed by atoms with Gasteiger partial charge in [-0.3, -0.25) is 4.68 Å². The van der Waals surface area contributed by atoms with E-state index in [1.807, 2.05) is 18.0 Å². The predicted molar refractivity (Wildman–Crippen MR) is 85.5 cm³/mol. The lowest BCUT2D eigenvalue weighted by molar-refractivity contribution is 0.360. The van der Waals surface area contributed by atoms with Gasteiger partial charge in [0.15, 0.2) is 0 Å². The molecular formula is C13H23BrN4S. The molecule has 2 N–H and O–H groups in total. The van der Waals surface area contributed by atoms with Crippen LogP contribution in [0, 0.1) is 0 Å². The van der Waals surface area contributed by atoms with Crippen LogP contribution in [0.3, 0.4) is 0 Å². The van der Waals surface area contributed by atoms with Crippen molar-refractivity contribution in [1.29, 1.82) is 0 Å². The highest BCUT2D eigenvalue weighted by Gasteiger charge is 2.39. The first kappa shape index (κ1) is 15.4. The Morgan fingerprint density at radius 2 is 2.37 bits per heavy atom. The van der Waals surface area contributed by atoms with Gasteiger partial charge in [0, 0.05) is 11.3 Å². The number of nitrogens with two attached hydrogens (primary N) is 1. The summed E-state index contributed by atoms with van der Waals surface area (Å²) < 4.78 is 3.23. The smallest absolute Gasteiger partial charge is 0.0708 e. The summed E-state index contributed by atoms with van der Waals surface area (Å²) in [4.78, 5) is 2.16. The van der Waals surface area contributed by atoms with Crippen molar-refractivity contribution in [2.75, 3.05) is 26.4 Å². The minimum Gasteiger partial charge on any atom is -0.321 e. The molecule has 19 heavy (non-hydrogen) atoms. The molecule has 1 aliphatic rings. The first-order valence-corrected chi connectivity index (χ1v) is 8.47. The van der Waals surface area contributed by atoms with Crippen molar-refractivity contribution in [1.82, 2.24) is 14.7 Å². The number of thioether (sulfide) groups is 1. The van der Waals surface area contributed by atoms with Gasteiger partial charge in [0.2, 0.25) is 0 Å². The van der Waals surface area contributed by atoms with E-state index >= 15 is 0 Å². The van der Waals surface area contributed by atoms with Crippen LogP contribution in [0.4, 0.5) is 0 Å².